The maximum atomic E-state index is 12.1. The molecular weight excluding hydrogens is 316 g/mol. The zero-order chi connectivity index (χ0) is 16.4. The molecule has 1 aliphatic rings. The third-order valence-electron chi connectivity index (χ3n) is 3.52. The highest BCUT2D eigenvalue weighted by Crippen LogP contribution is 2.34. The number of halogens is 1. The monoisotopic (exact) mass is 332 g/mol. The lowest BCUT2D eigenvalue weighted by atomic mass is 10.1. The summed E-state index contributed by atoms with van der Waals surface area (Å²) in [5.74, 6) is 1.21. The van der Waals surface area contributed by atoms with E-state index in [4.69, 9.17) is 21.1 Å². The Labute approximate surface area is 139 Å². The lowest BCUT2D eigenvalue weighted by molar-refractivity contribution is -0.114. The molecule has 6 heteroatoms. The maximum Gasteiger partial charge on any atom is 0.243 e. The van der Waals surface area contributed by atoms with Crippen LogP contribution in [0.15, 0.2) is 30.3 Å². The van der Waals surface area contributed by atoms with E-state index in [1.165, 1.54) is 0 Å². The second-order valence-electron chi connectivity index (χ2n) is 5.41. The quantitative estimate of drug-likeness (QED) is 0.895. The number of carbonyl (C=O) groups excluding carboxylic acids is 1. The summed E-state index contributed by atoms with van der Waals surface area (Å²) >= 11 is 6.19. The van der Waals surface area contributed by atoms with Gasteiger partial charge in [-0.15, -0.1) is 0 Å². The molecule has 23 heavy (non-hydrogen) atoms. The van der Waals surface area contributed by atoms with Crippen molar-refractivity contribution in [3.05, 3.63) is 46.5 Å². The summed E-state index contributed by atoms with van der Waals surface area (Å²) in [6.45, 7) is 4.24. The summed E-state index contributed by atoms with van der Waals surface area (Å²) < 4.78 is 10.6. The number of nitrogens with one attached hydrogen (secondary N) is 2. The van der Waals surface area contributed by atoms with E-state index in [2.05, 4.69) is 10.6 Å². The summed E-state index contributed by atoms with van der Waals surface area (Å²) in [5, 5.41) is 6.43. The first kappa shape index (κ1) is 15.5. The zero-order valence-electron chi connectivity index (χ0n) is 12.9. The predicted octanol–water partition coefficient (Wildman–Crippen LogP) is 3.74. The minimum atomic E-state index is -0.170. The minimum Gasteiger partial charge on any atom is -0.454 e. The van der Waals surface area contributed by atoms with Crippen LogP contribution in [0.5, 0.6) is 11.5 Å². The number of fused-ring (bicyclic) bond motifs is 1. The first-order valence-corrected chi connectivity index (χ1v) is 7.61. The van der Waals surface area contributed by atoms with Crippen LogP contribution in [0.3, 0.4) is 0 Å². The first-order valence-electron chi connectivity index (χ1n) is 7.23. The topological polar surface area (TPSA) is 59.6 Å². The molecule has 2 aromatic carbocycles. The van der Waals surface area contributed by atoms with Gasteiger partial charge >= 0.3 is 0 Å². The number of carbonyl (C=O) groups is 1. The van der Waals surface area contributed by atoms with E-state index in [1.54, 1.807) is 6.07 Å². The van der Waals surface area contributed by atoms with Crippen LogP contribution in [0.25, 0.3) is 0 Å². The van der Waals surface area contributed by atoms with Gasteiger partial charge in [-0.25, -0.2) is 0 Å². The Morgan fingerprint density at radius 1 is 1.17 bits per heavy atom. The summed E-state index contributed by atoms with van der Waals surface area (Å²) in [6.07, 6.45) is 0. The van der Waals surface area contributed by atoms with Gasteiger partial charge in [0.2, 0.25) is 12.7 Å². The van der Waals surface area contributed by atoms with Crippen molar-refractivity contribution in [3.63, 3.8) is 0 Å². The number of benzene rings is 2. The Morgan fingerprint density at radius 3 is 2.74 bits per heavy atom. The fraction of sp³-hybridized carbons (Fsp3) is 0.235. The van der Waals surface area contributed by atoms with E-state index in [0.29, 0.717) is 22.2 Å². The van der Waals surface area contributed by atoms with Gasteiger partial charge in [0.05, 0.1) is 17.3 Å². The van der Waals surface area contributed by atoms with Crippen molar-refractivity contribution >= 4 is 28.9 Å². The molecule has 120 valence electrons. The average molecular weight is 333 g/mol. The number of aryl methyl sites for hydroxylation is 2. The van der Waals surface area contributed by atoms with E-state index in [-0.39, 0.29) is 19.2 Å². The van der Waals surface area contributed by atoms with Crippen molar-refractivity contribution in [1.82, 2.24) is 0 Å². The number of amides is 1. The van der Waals surface area contributed by atoms with Crippen molar-refractivity contribution in [2.45, 2.75) is 13.8 Å². The molecule has 1 amide bonds. The van der Waals surface area contributed by atoms with Crippen LogP contribution < -0.4 is 20.1 Å². The van der Waals surface area contributed by atoms with Gasteiger partial charge in [-0.1, -0.05) is 17.7 Å². The highest BCUT2D eigenvalue weighted by Gasteiger charge is 2.14. The average Bonchev–Trinajstić information content (AvgIpc) is 2.96. The molecule has 0 spiro atoms. The van der Waals surface area contributed by atoms with Crippen LogP contribution >= 0.6 is 11.6 Å². The van der Waals surface area contributed by atoms with E-state index >= 15 is 0 Å². The predicted molar refractivity (Wildman–Crippen MR) is 90.6 cm³/mol. The molecule has 0 atom stereocenters. The normalized spacial score (nSPS) is 12.1. The van der Waals surface area contributed by atoms with E-state index < -0.39 is 0 Å². The van der Waals surface area contributed by atoms with Crippen LogP contribution in [0.2, 0.25) is 5.02 Å². The van der Waals surface area contributed by atoms with Crippen molar-refractivity contribution in [3.8, 4) is 11.5 Å². The Bertz CT molecular complexity index is 738. The zero-order valence-corrected chi connectivity index (χ0v) is 13.7. The third-order valence-corrected chi connectivity index (χ3v) is 3.82. The first-order chi connectivity index (χ1) is 11.0. The molecule has 1 heterocycles. The summed E-state index contributed by atoms with van der Waals surface area (Å²) in [5.41, 5.74) is 3.43. The molecule has 0 fully saturated rings. The van der Waals surface area contributed by atoms with E-state index in [9.17, 15) is 4.79 Å². The molecule has 0 saturated carbocycles. The lowest BCUT2D eigenvalue weighted by Crippen LogP contribution is -2.22. The molecule has 5 nitrogen and oxygen atoms in total. The molecule has 1 aliphatic heterocycles. The number of hydrogen-bond donors (Lipinski definition) is 2. The van der Waals surface area contributed by atoms with Gasteiger partial charge in [-0.05, 0) is 43.2 Å². The Morgan fingerprint density at radius 2 is 1.96 bits per heavy atom. The number of hydrogen-bond acceptors (Lipinski definition) is 4. The molecule has 0 aromatic heterocycles. The molecule has 0 saturated heterocycles. The van der Waals surface area contributed by atoms with Gasteiger partial charge < -0.3 is 20.1 Å². The molecule has 0 unspecified atom stereocenters. The molecule has 2 aromatic rings. The van der Waals surface area contributed by atoms with E-state index in [1.807, 2.05) is 38.1 Å². The molecule has 0 radical (unpaired) electrons. The van der Waals surface area contributed by atoms with Crippen LogP contribution in [0.4, 0.5) is 11.4 Å². The molecule has 3 rings (SSSR count). The fourth-order valence-corrected chi connectivity index (χ4v) is 2.81. The highest BCUT2D eigenvalue weighted by molar-refractivity contribution is 6.34. The summed E-state index contributed by atoms with van der Waals surface area (Å²) in [6, 6.07) is 9.26. The minimum absolute atomic E-state index is 0.128. The lowest BCUT2D eigenvalue weighted by Gasteiger charge is -2.12. The molecular formula is C17H17ClN2O3. The molecule has 2 N–H and O–H groups in total. The molecule has 0 bridgehead atoms. The van der Waals surface area contributed by atoms with Crippen LogP contribution in [0.1, 0.15) is 11.1 Å². The van der Waals surface area contributed by atoms with Crippen molar-refractivity contribution in [1.29, 1.82) is 0 Å². The van der Waals surface area contributed by atoms with Gasteiger partial charge in [0.25, 0.3) is 0 Å². The van der Waals surface area contributed by atoms with Gasteiger partial charge in [-0.3, -0.25) is 4.79 Å². The number of ether oxygens (including phenoxy) is 2. The van der Waals surface area contributed by atoms with Gasteiger partial charge in [0.15, 0.2) is 11.5 Å². The van der Waals surface area contributed by atoms with Gasteiger partial charge in [-0.2, -0.15) is 0 Å². The highest BCUT2D eigenvalue weighted by atomic mass is 35.5. The Balaban J connectivity index is 1.62. The largest absolute Gasteiger partial charge is 0.454 e. The summed E-state index contributed by atoms with van der Waals surface area (Å²) in [7, 11) is 0. The summed E-state index contributed by atoms with van der Waals surface area (Å²) in [4.78, 5) is 12.1. The van der Waals surface area contributed by atoms with Gasteiger partial charge in [0.1, 0.15) is 0 Å². The standard InChI is InChI=1S/C17H17ClN2O3/c1-10-5-11(2)17(13(18)6-10)20-16(21)8-19-12-3-4-14-15(7-12)23-9-22-14/h3-7,19H,8-9H2,1-2H3,(H,20,21). The Kier molecular flexibility index (Phi) is 4.30. The van der Waals surface area contributed by atoms with Crippen molar-refractivity contribution < 1.29 is 14.3 Å². The molecule has 0 aliphatic carbocycles. The second kappa shape index (κ2) is 6.38. The van der Waals surface area contributed by atoms with Crippen molar-refractivity contribution in [2.75, 3.05) is 24.0 Å². The van der Waals surface area contributed by atoms with Gasteiger partial charge in [0, 0.05) is 11.8 Å². The smallest absolute Gasteiger partial charge is 0.243 e. The maximum absolute atomic E-state index is 12.1. The third kappa shape index (κ3) is 3.51. The number of rotatable bonds is 4. The SMILES string of the molecule is Cc1cc(C)c(NC(=O)CNc2ccc3c(c2)OCO3)c(Cl)c1. The van der Waals surface area contributed by atoms with Crippen LogP contribution in [-0.2, 0) is 4.79 Å². The fourth-order valence-electron chi connectivity index (χ4n) is 2.45. The Hall–Kier alpha value is -2.40. The number of anilines is 2. The van der Waals surface area contributed by atoms with Crippen molar-refractivity contribution in [2.24, 2.45) is 0 Å². The van der Waals surface area contributed by atoms with Crippen LogP contribution in [0, 0.1) is 13.8 Å². The second-order valence-corrected chi connectivity index (χ2v) is 5.82. The van der Waals surface area contributed by atoms with E-state index in [0.717, 1.165) is 16.8 Å². The van der Waals surface area contributed by atoms with Crippen LogP contribution in [-0.4, -0.2) is 19.2 Å².